The van der Waals surface area contributed by atoms with Crippen molar-refractivity contribution in [1.82, 2.24) is 10.2 Å². The number of likely N-dealkylation sites (tertiary alicyclic amines) is 1. The number of carbonyl (C=O) groups is 2. The fourth-order valence-electron chi connectivity index (χ4n) is 2.93. The highest BCUT2D eigenvalue weighted by atomic mass is 16.2. The number of hydrogen-bond donors (Lipinski definition) is 1. The van der Waals surface area contributed by atoms with Gasteiger partial charge >= 0.3 is 0 Å². The number of nitrogens with zero attached hydrogens (tertiary/aromatic N) is 1. The Morgan fingerprint density at radius 1 is 1.44 bits per heavy atom. The predicted octanol–water partition coefficient (Wildman–Crippen LogP) is 1.10. The molecule has 0 unspecified atom stereocenters. The van der Waals surface area contributed by atoms with E-state index in [1.165, 1.54) is 0 Å². The Morgan fingerprint density at radius 3 is 3.06 bits per heavy atom. The van der Waals surface area contributed by atoms with E-state index in [1.54, 1.807) is 0 Å². The van der Waals surface area contributed by atoms with Crippen LogP contribution in [0, 0.1) is 6.92 Å². The average molecular weight is 244 g/mol. The van der Waals surface area contributed by atoms with Crippen LogP contribution in [0.5, 0.6) is 0 Å². The molecule has 2 amide bonds. The van der Waals surface area contributed by atoms with E-state index in [0.717, 1.165) is 24.1 Å². The lowest BCUT2D eigenvalue weighted by Gasteiger charge is -2.22. The lowest BCUT2D eigenvalue weighted by molar-refractivity contribution is -0.119. The van der Waals surface area contributed by atoms with Crippen LogP contribution in [0.4, 0.5) is 0 Å². The van der Waals surface area contributed by atoms with Gasteiger partial charge < -0.3 is 10.2 Å². The van der Waals surface area contributed by atoms with Gasteiger partial charge in [-0.2, -0.15) is 0 Å². The maximum Gasteiger partial charge on any atom is 0.254 e. The Bertz CT molecular complexity index is 512. The second-order valence-electron chi connectivity index (χ2n) is 5.10. The highest BCUT2D eigenvalue weighted by Crippen LogP contribution is 2.27. The van der Waals surface area contributed by atoms with Crippen LogP contribution in [0.3, 0.4) is 0 Å². The van der Waals surface area contributed by atoms with Gasteiger partial charge in [-0.25, -0.2) is 0 Å². The molecule has 0 bridgehead atoms. The topological polar surface area (TPSA) is 49.4 Å². The van der Waals surface area contributed by atoms with Crippen molar-refractivity contribution in [3.63, 3.8) is 0 Å². The van der Waals surface area contributed by atoms with Gasteiger partial charge in [-0.15, -0.1) is 0 Å². The molecule has 0 saturated carbocycles. The number of hydrogen-bond acceptors (Lipinski definition) is 2. The van der Waals surface area contributed by atoms with E-state index in [1.807, 2.05) is 36.1 Å². The minimum atomic E-state index is 0.0442. The van der Waals surface area contributed by atoms with Crippen molar-refractivity contribution in [2.75, 3.05) is 6.54 Å². The van der Waals surface area contributed by atoms with Crippen LogP contribution in [-0.4, -0.2) is 35.3 Å². The van der Waals surface area contributed by atoms with Gasteiger partial charge in [0.1, 0.15) is 0 Å². The first kappa shape index (κ1) is 11.3. The normalized spacial score (nSPS) is 26.1. The van der Waals surface area contributed by atoms with Gasteiger partial charge in [-0.1, -0.05) is 17.7 Å². The molecule has 2 fully saturated rings. The summed E-state index contributed by atoms with van der Waals surface area (Å²) in [4.78, 5) is 25.6. The Hall–Kier alpha value is -1.84. The summed E-state index contributed by atoms with van der Waals surface area (Å²) in [7, 11) is 0. The molecule has 1 aromatic carbocycles. The Labute approximate surface area is 106 Å². The van der Waals surface area contributed by atoms with Crippen molar-refractivity contribution >= 4 is 11.8 Å². The molecule has 4 heteroatoms. The van der Waals surface area contributed by atoms with Crippen LogP contribution in [0.15, 0.2) is 24.3 Å². The Kier molecular flexibility index (Phi) is 2.58. The van der Waals surface area contributed by atoms with Crippen molar-refractivity contribution in [3.8, 4) is 0 Å². The first-order valence-electron chi connectivity index (χ1n) is 6.32. The van der Waals surface area contributed by atoms with Crippen LogP contribution in [0.2, 0.25) is 0 Å². The summed E-state index contributed by atoms with van der Waals surface area (Å²) < 4.78 is 0. The van der Waals surface area contributed by atoms with Crippen molar-refractivity contribution in [3.05, 3.63) is 35.4 Å². The van der Waals surface area contributed by atoms with E-state index >= 15 is 0 Å². The molecule has 2 heterocycles. The van der Waals surface area contributed by atoms with E-state index in [2.05, 4.69) is 5.32 Å². The molecule has 0 aromatic heterocycles. The third kappa shape index (κ3) is 1.78. The van der Waals surface area contributed by atoms with Crippen LogP contribution >= 0.6 is 0 Å². The minimum absolute atomic E-state index is 0.0442. The van der Waals surface area contributed by atoms with Crippen LogP contribution < -0.4 is 5.32 Å². The van der Waals surface area contributed by atoms with Crippen LogP contribution in [-0.2, 0) is 4.79 Å². The van der Waals surface area contributed by atoms with Gasteiger partial charge in [-0.3, -0.25) is 9.59 Å². The SMILES string of the molecule is Cc1cccc(C(=O)N2CC[C@H]3NC(=O)C[C@H]32)c1. The molecule has 2 aliphatic rings. The molecule has 1 aromatic rings. The highest BCUT2D eigenvalue weighted by molar-refractivity contribution is 5.95. The summed E-state index contributed by atoms with van der Waals surface area (Å²) in [5.41, 5.74) is 1.80. The number of carbonyl (C=O) groups excluding carboxylic acids is 2. The van der Waals surface area contributed by atoms with E-state index in [-0.39, 0.29) is 23.9 Å². The molecular formula is C14H16N2O2. The number of nitrogens with one attached hydrogen (secondary N) is 1. The van der Waals surface area contributed by atoms with E-state index in [0.29, 0.717) is 6.42 Å². The molecule has 4 nitrogen and oxygen atoms in total. The summed E-state index contributed by atoms with van der Waals surface area (Å²) in [5.74, 6) is 0.106. The predicted molar refractivity (Wildman–Crippen MR) is 67.2 cm³/mol. The molecule has 3 rings (SSSR count). The molecule has 0 aliphatic carbocycles. The van der Waals surface area contributed by atoms with Gasteiger partial charge in [0.15, 0.2) is 0 Å². The van der Waals surface area contributed by atoms with Gasteiger partial charge in [0, 0.05) is 18.5 Å². The molecule has 2 aliphatic heterocycles. The average Bonchev–Trinajstić information content (AvgIpc) is 2.87. The molecule has 0 radical (unpaired) electrons. The number of rotatable bonds is 1. The summed E-state index contributed by atoms with van der Waals surface area (Å²) >= 11 is 0. The van der Waals surface area contributed by atoms with E-state index < -0.39 is 0 Å². The zero-order valence-corrected chi connectivity index (χ0v) is 10.3. The van der Waals surface area contributed by atoms with Gasteiger partial charge in [0.25, 0.3) is 5.91 Å². The summed E-state index contributed by atoms with van der Waals surface area (Å²) in [6, 6.07) is 7.82. The molecule has 18 heavy (non-hydrogen) atoms. The maximum absolute atomic E-state index is 12.4. The zero-order valence-electron chi connectivity index (χ0n) is 10.3. The van der Waals surface area contributed by atoms with Crippen molar-refractivity contribution in [2.45, 2.75) is 31.8 Å². The Balaban J connectivity index is 1.83. The fourth-order valence-corrected chi connectivity index (χ4v) is 2.93. The number of amides is 2. The molecule has 2 saturated heterocycles. The fraction of sp³-hybridized carbons (Fsp3) is 0.429. The largest absolute Gasteiger partial charge is 0.351 e. The standard InChI is InChI=1S/C14H16N2O2/c1-9-3-2-4-10(7-9)14(18)16-6-5-11-12(16)8-13(17)15-11/h2-4,7,11-12H,5-6,8H2,1H3,(H,15,17)/t11-,12-/m1/s1. The van der Waals surface area contributed by atoms with Gasteiger partial charge in [0.05, 0.1) is 12.1 Å². The van der Waals surface area contributed by atoms with Crippen molar-refractivity contribution in [2.24, 2.45) is 0 Å². The molecule has 1 N–H and O–H groups in total. The first-order chi connectivity index (χ1) is 8.65. The van der Waals surface area contributed by atoms with E-state index in [4.69, 9.17) is 0 Å². The second-order valence-corrected chi connectivity index (χ2v) is 5.10. The van der Waals surface area contributed by atoms with Crippen LogP contribution in [0.1, 0.15) is 28.8 Å². The third-order valence-electron chi connectivity index (χ3n) is 3.81. The van der Waals surface area contributed by atoms with Gasteiger partial charge in [-0.05, 0) is 25.5 Å². The zero-order chi connectivity index (χ0) is 12.7. The molecular weight excluding hydrogens is 228 g/mol. The lowest BCUT2D eigenvalue weighted by Crippen LogP contribution is -2.38. The van der Waals surface area contributed by atoms with Crippen molar-refractivity contribution < 1.29 is 9.59 Å². The minimum Gasteiger partial charge on any atom is -0.351 e. The first-order valence-corrected chi connectivity index (χ1v) is 6.32. The number of benzene rings is 1. The Morgan fingerprint density at radius 2 is 2.28 bits per heavy atom. The third-order valence-corrected chi connectivity index (χ3v) is 3.81. The maximum atomic E-state index is 12.4. The monoisotopic (exact) mass is 244 g/mol. The number of fused-ring (bicyclic) bond motifs is 1. The van der Waals surface area contributed by atoms with Crippen molar-refractivity contribution in [1.29, 1.82) is 0 Å². The number of aryl methyl sites for hydroxylation is 1. The quantitative estimate of drug-likeness (QED) is 0.804. The lowest BCUT2D eigenvalue weighted by atomic mass is 10.1. The summed E-state index contributed by atoms with van der Waals surface area (Å²) in [6.07, 6.45) is 1.32. The second kappa shape index (κ2) is 4.12. The highest BCUT2D eigenvalue weighted by Gasteiger charge is 2.43. The summed E-state index contributed by atoms with van der Waals surface area (Å²) in [6.45, 7) is 2.71. The summed E-state index contributed by atoms with van der Waals surface area (Å²) in [5, 5.41) is 2.93. The molecule has 2 atom stereocenters. The van der Waals surface area contributed by atoms with E-state index in [9.17, 15) is 9.59 Å². The molecule has 0 spiro atoms. The molecule has 94 valence electrons. The smallest absolute Gasteiger partial charge is 0.254 e. The van der Waals surface area contributed by atoms with Gasteiger partial charge in [0.2, 0.25) is 5.91 Å². The van der Waals surface area contributed by atoms with Crippen LogP contribution in [0.25, 0.3) is 0 Å².